The number of carbonyl (C=O) groups excluding carboxylic acids is 1. The van der Waals surface area contributed by atoms with Crippen molar-refractivity contribution in [2.75, 3.05) is 33.4 Å². The first kappa shape index (κ1) is 23.8. The number of sulfonamides is 2. The Morgan fingerprint density at radius 3 is 2.09 bits per heavy atom. The fourth-order valence-electron chi connectivity index (χ4n) is 3.71. The highest BCUT2D eigenvalue weighted by Crippen LogP contribution is 2.34. The van der Waals surface area contributed by atoms with Gasteiger partial charge in [-0.15, -0.1) is 0 Å². The summed E-state index contributed by atoms with van der Waals surface area (Å²) in [6.45, 7) is 1.40. The Labute approximate surface area is 194 Å². The fourth-order valence-corrected chi connectivity index (χ4v) is 6.79. The minimum absolute atomic E-state index is 0.0531. The quantitative estimate of drug-likeness (QED) is 0.595. The summed E-state index contributed by atoms with van der Waals surface area (Å²) in [5.74, 6) is -0.208. The van der Waals surface area contributed by atoms with Crippen LogP contribution in [0.1, 0.15) is 28.8 Å². The average molecular weight is 494 g/mol. The molecule has 1 saturated heterocycles. The molecule has 178 valence electrons. The van der Waals surface area contributed by atoms with Crippen molar-refractivity contribution >= 4 is 26.0 Å². The van der Waals surface area contributed by atoms with Crippen LogP contribution in [0, 0.1) is 0 Å². The molecule has 0 unspecified atom stereocenters. The van der Waals surface area contributed by atoms with E-state index in [-0.39, 0.29) is 41.4 Å². The molecule has 33 heavy (non-hydrogen) atoms. The smallest absolute Gasteiger partial charge is 0.251 e. The van der Waals surface area contributed by atoms with Gasteiger partial charge in [-0.1, -0.05) is 12.1 Å². The number of ether oxygens (including phenoxy) is 1. The fraction of sp³-hybridized carbons (Fsp3) is 0.409. The van der Waals surface area contributed by atoms with Gasteiger partial charge in [0.2, 0.25) is 20.0 Å². The lowest BCUT2D eigenvalue weighted by Crippen LogP contribution is -2.40. The summed E-state index contributed by atoms with van der Waals surface area (Å²) in [5.41, 5.74) is 1.27. The molecule has 1 N–H and O–H groups in total. The molecule has 1 heterocycles. The first-order chi connectivity index (χ1) is 15.7. The van der Waals surface area contributed by atoms with Gasteiger partial charge in [0.1, 0.15) is 0 Å². The first-order valence-electron chi connectivity index (χ1n) is 10.7. The van der Waals surface area contributed by atoms with Crippen LogP contribution in [-0.2, 0) is 31.3 Å². The summed E-state index contributed by atoms with van der Waals surface area (Å²) in [6.07, 6.45) is 1.55. The molecule has 1 aliphatic heterocycles. The molecular formula is C22H27N3O6S2. The number of morpholine rings is 1. The third-order valence-electron chi connectivity index (χ3n) is 5.77. The van der Waals surface area contributed by atoms with E-state index in [0.29, 0.717) is 18.8 Å². The summed E-state index contributed by atoms with van der Waals surface area (Å²) in [7, 11) is -5.98. The Bertz CT molecular complexity index is 1200. The van der Waals surface area contributed by atoms with Gasteiger partial charge in [-0.3, -0.25) is 4.79 Å². The van der Waals surface area contributed by atoms with E-state index in [0.717, 1.165) is 18.4 Å². The summed E-state index contributed by atoms with van der Waals surface area (Å²) in [4.78, 5) is 11.9. The van der Waals surface area contributed by atoms with Gasteiger partial charge in [0.15, 0.2) is 0 Å². The summed E-state index contributed by atoms with van der Waals surface area (Å²) in [6, 6.07) is 12.1. The molecule has 2 aromatic carbocycles. The van der Waals surface area contributed by atoms with Crippen molar-refractivity contribution in [3.05, 3.63) is 59.7 Å². The molecule has 2 aliphatic rings. The lowest BCUT2D eigenvalue weighted by Gasteiger charge is -2.26. The average Bonchev–Trinajstić information content (AvgIpc) is 3.68. The first-order valence-corrected chi connectivity index (χ1v) is 13.6. The third kappa shape index (κ3) is 5.12. The van der Waals surface area contributed by atoms with Crippen molar-refractivity contribution in [3.8, 4) is 0 Å². The summed E-state index contributed by atoms with van der Waals surface area (Å²) < 4.78 is 60.4. The lowest BCUT2D eigenvalue weighted by atomic mass is 10.1. The molecule has 11 heteroatoms. The van der Waals surface area contributed by atoms with Crippen LogP contribution < -0.4 is 5.32 Å². The van der Waals surface area contributed by atoms with E-state index in [9.17, 15) is 21.6 Å². The number of hydrogen-bond acceptors (Lipinski definition) is 6. The molecule has 2 fully saturated rings. The zero-order chi connectivity index (χ0) is 23.6. The molecule has 0 bridgehead atoms. The van der Waals surface area contributed by atoms with Crippen LogP contribution in [-0.4, -0.2) is 70.7 Å². The molecule has 0 radical (unpaired) electrons. The van der Waals surface area contributed by atoms with Crippen LogP contribution in [0.4, 0.5) is 0 Å². The molecule has 1 amide bonds. The zero-order valence-electron chi connectivity index (χ0n) is 18.3. The molecular weight excluding hydrogens is 466 g/mol. The predicted molar refractivity (Wildman–Crippen MR) is 122 cm³/mol. The number of nitrogens with one attached hydrogen (secondary N) is 1. The molecule has 4 rings (SSSR count). The minimum atomic E-state index is -3.83. The minimum Gasteiger partial charge on any atom is -0.379 e. The number of rotatable bonds is 8. The number of amides is 1. The Kier molecular flexibility index (Phi) is 6.87. The van der Waals surface area contributed by atoms with E-state index in [1.165, 1.54) is 32.9 Å². The van der Waals surface area contributed by atoms with E-state index in [1.54, 1.807) is 31.3 Å². The normalized spacial score (nSPS) is 17.8. The van der Waals surface area contributed by atoms with Crippen LogP contribution in [0.2, 0.25) is 0 Å². The van der Waals surface area contributed by atoms with Gasteiger partial charge in [-0.2, -0.15) is 8.61 Å². The van der Waals surface area contributed by atoms with Gasteiger partial charge in [-0.25, -0.2) is 16.8 Å². The van der Waals surface area contributed by atoms with E-state index in [4.69, 9.17) is 4.74 Å². The van der Waals surface area contributed by atoms with E-state index < -0.39 is 20.0 Å². The highest BCUT2D eigenvalue weighted by Gasteiger charge is 2.38. The van der Waals surface area contributed by atoms with E-state index in [2.05, 4.69) is 5.32 Å². The second-order valence-electron chi connectivity index (χ2n) is 8.05. The van der Waals surface area contributed by atoms with E-state index >= 15 is 0 Å². The molecule has 0 spiro atoms. The highest BCUT2D eigenvalue weighted by molar-refractivity contribution is 7.89. The van der Waals surface area contributed by atoms with Crippen LogP contribution in [0.3, 0.4) is 0 Å². The Hall–Kier alpha value is -2.31. The van der Waals surface area contributed by atoms with Crippen LogP contribution >= 0.6 is 0 Å². The summed E-state index contributed by atoms with van der Waals surface area (Å²) >= 11 is 0. The maximum Gasteiger partial charge on any atom is 0.251 e. The van der Waals surface area contributed by atoms with Gasteiger partial charge < -0.3 is 10.1 Å². The molecule has 0 atom stereocenters. The van der Waals surface area contributed by atoms with Crippen molar-refractivity contribution in [1.82, 2.24) is 13.9 Å². The zero-order valence-corrected chi connectivity index (χ0v) is 19.9. The topological polar surface area (TPSA) is 113 Å². The molecule has 1 aliphatic carbocycles. The van der Waals surface area contributed by atoms with Crippen LogP contribution in [0.25, 0.3) is 0 Å². The Morgan fingerprint density at radius 1 is 0.970 bits per heavy atom. The standard InChI is InChI=1S/C22H27N3O6S2/c1-23-22(26)18-4-2-17(3-5-18)16-25(19-6-7-19)33(29,30)21-10-8-20(9-11-21)32(27,28)24-12-14-31-15-13-24/h2-5,8-11,19H,6-7,12-16H2,1H3,(H,23,26). The SMILES string of the molecule is CNC(=O)c1ccc(CN(C2CC2)S(=O)(=O)c2ccc(S(=O)(=O)N3CCOCC3)cc2)cc1. The van der Waals surface area contributed by atoms with Crippen LogP contribution in [0.15, 0.2) is 58.3 Å². The van der Waals surface area contributed by atoms with Crippen molar-refractivity contribution < 1.29 is 26.4 Å². The molecule has 2 aromatic rings. The predicted octanol–water partition coefficient (Wildman–Crippen LogP) is 1.42. The second kappa shape index (κ2) is 9.51. The largest absolute Gasteiger partial charge is 0.379 e. The van der Waals surface area contributed by atoms with Crippen molar-refractivity contribution in [3.63, 3.8) is 0 Å². The van der Waals surface area contributed by atoms with Crippen LogP contribution in [0.5, 0.6) is 0 Å². The van der Waals surface area contributed by atoms with Crippen molar-refractivity contribution in [2.45, 2.75) is 35.2 Å². The molecule has 9 nitrogen and oxygen atoms in total. The second-order valence-corrected chi connectivity index (χ2v) is 11.9. The number of hydrogen-bond donors (Lipinski definition) is 1. The number of nitrogens with zero attached hydrogens (tertiary/aromatic N) is 2. The monoisotopic (exact) mass is 493 g/mol. The van der Waals surface area contributed by atoms with Gasteiger partial charge in [0.25, 0.3) is 5.91 Å². The van der Waals surface area contributed by atoms with Crippen molar-refractivity contribution in [1.29, 1.82) is 0 Å². The van der Waals surface area contributed by atoms with Gasteiger partial charge in [0.05, 0.1) is 23.0 Å². The highest BCUT2D eigenvalue weighted by atomic mass is 32.2. The summed E-state index contributed by atoms with van der Waals surface area (Å²) in [5, 5.41) is 2.55. The number of carbonyl (C=O) groups is 1. The maximum absolute atomic E-state index is 13.4. The van der Waals surface area contributed by atoms with Gasteiger partial charge >= 0.3 is 0 Å². The molecule has 1 saturated carbocycles. The van der Waals surface area contributed by atoms with Gasteiger partial charge in [0, 0.05) is 38.3 Å². The Balaban J connectivity index is 1.54. The maximum atomic E-state index is 13.4. The Morgan fingerprint density at radius 2 is 1.55 bits per heavy atom. The van der Waals surface area contributed by atoms with E-state index in [1.807, 2.05) is 0 Å². The lowest BCUT2D eigenvalue weighted by molar-refractivity contribution is 0.0730. The van der Waals surface area contributed by atoms with Gasteiger partial charge in [-0.05, 0) is 54.8 Å². The third-order valence-corrected chi connectivity index (χ3v) is 9.60. The number of benzene rings is 2. The van der Waals surface area contributed by atoms with Crippen molar-refractivity contribution in [2.24, 2.45) is 0 Å². The molecule has 0 aromatic heterocycles.